The van der Waals surface area contributed by atoms with Crippen molar-refractivity contribution in [1.29, 1.82) is 0 Å². The van der Waals surface area contributed by atoms with Crippen LogP contribution in [0.25, 0.3) is 0 Å². The second-order valence-corrected chi connectivity index (χ2v) is 7.92. The molecule has 0 unspecified atom stereocenters. The first kappa shape index (κ1) is 29.5. The fraction of sp³-hybridized carbons (Fsp3) is 0.250. The van der Waals surface area contributed by atoms with E-state index in [2.05, 4.69) is 26.9 Å². The van der Waals surface area contributed by atoms with E-state index in [1.807, 2.05) is 0 Å². The molecule has 0 spiro atoms. The number of nitrogens with one attached hydrogen (secondary N) is 1. The summed E-state index contributed by atoms with van der Waals surface area (Å²) in [5.74, 6) is -3.72. The molecule has 3 rings (SSSR count). The molecule has 33 heavy (non-hydrogen) atoms. The highest BCUT2D eigenvalue weighted by molar-refractivity contribution is 8.00. The largest absolute Gasteiger partial charge is 0.479 e. The summed E-state index contributed by atoms with van der Waals surface area (Å²) in [6, 6.07) is -1.01. The summed E-state index contributed by atoms with van der Waals surface area (Å²) in [6.07, 6.45) is 1.38. The average molecular weight is 508 g/mol. The first-order valence-electron chi connectivity index (χ1n) is 8.22. The number of rotatable bonds is 8. The van der Waals surface area contributed by atoms with Crippen LogP contribution in [0.5, 0.6) is 0 Å². The summed E-state index contributed by atoms with van der Waals surface area (Å²) in [5.41, 5.74) is 5.48. The molecule has 1 saturated heterocycles. The molecule has 0 bridgehead atoms. The number of nitrogens with two attached hydrogens (primary N) is 1. The zero-order valence-corrected chi connectivity index (χ0v) is 18.2. The summed E-state index contributed by atoms with van der Waals surface area (Å²) < 4.78 is 0. The molecular weight excluding hydrogens is 486 g/mol. The maximum atomic E-state index is 12.7. The smallest absolute Gasteiger partial charge is 0.352 e. The number of β-lactam (4-membered cyclic amide) rings is 1. The number of anilines is 1. The number of thioether (sulfide) groups is 1. The standard InChI is InChI=1S/C16H15N5O7S2.3H2O/c1-2-6-4-29-14-10(13(25)21(14)11(6)15(26)27)19-12(24)9(20-28-3-8(22)23)7-5-30-16(17)18-7;;;/h2,5,10,14H,1,3-4H2,(H2,17,18)(H,19,24)(H,22,23)(H,26,27);3*1H2/b20-9+;;;/t10-,14-;;;/m1.../s1. The number of nitrogen functional groups attached to an aromatic ring is 1. The number of hydrogen-bond donors (Lipinski definition) is 4. The second kappa shape index (κ2) is 11.9. The number of carboxylic acid groups (broad SMARTS) is 2. The average Bonchev–Trinajstić information content (AvgIpc) is 3.13. The Labute approximate surface area is 193 Å². The van der Waals surface area contributed by atoms with Gasteiger partial charge in [-0.2, -0.15) is 0 Å². The molecule has 2 amide bonds. The van der Waals surface area contributed by atoms with Gasteiger partial charge in [0.1, 0.15) is 22.8 Å². The van der Waals surface area contributed by atoms with Crippen molar-refractivity contribution < 1.29 is 50.7 Å². The van der Waals surface area contributed by atoms with Gasteiger partial charge in [0.05, 0.1) is 0 Å². The highest BCUT2D eigenvalue weighted by atomic mass is 32.2. The van der Waals surface area contributed by atoms with E-state index in [-0.39, 0.29) is 38.7 Å². The molecule has 0 aliphatic carbocycles. The number of carboxylic acids is 2. The zero-order valence-electron chi connectivity index (χ0n) is 16.6. The molecule has 11 N–H and O–H groups in total. The molecule has 182 valence electrons. The summed E-state index contributed by atoms with van der Waals surface area (Å²) in [5, 5.41) is 25.0. The van der Waals surface area contributed by atoms with Gasteiger partial charge >= 0.3 is 11.9 Å². The SMILES string of the molecule is C=CC1=C(C(=O)O)N2C(=O)[C@@H](NC(=O)/C(=N/OCC(=O)O)c3csc(N)n3)[C@H]2SC1.O.O.O. The van der Waals surface area contributed by atoms with E-state index >= 15 is 0 Å². The van der Waals surface area contributed by atoms with Gasteiger partial charge in [0.15, 0.2) is 10.8 Å². The van der Waals surface area contributed by atoms with Gasteiger partial charge in [0.25, 0.3) is 11.8 Å². The topological polar surface area (TPSA) is 279 Å². The van der Waals surface area contributed by atoms with Crippen LogP contribution in [0.2, 0.25) is 0 Å². The minimum absolute atomic E-state index is 0. The monoisotopic (exact) mass is 507 g/mol. The Morgan fingerprint density at radius 2 is 2.03 bits per heavy atom. The van der Waals surface area contributed by atoms with Crippen molar-refractivity contribution in [1.82, 2.24) is 15.2 Å². The number of thiazole rings is 1. The Morgan fingerprint density at radius 1 is 1.36 bits per heavy atom. The predicted octanol–water partition coefficient (Wildman–Crippen LogP) is -3.02. The minimum atomic E-state index is -1.30. The lowest BCUT2D eigenvalue weighted by atomic mass is 10.0. The number of aromatic nitrogens is 1. The number of hydrogen-bond acceptors (Lipinski definition) is 10. The molecule has 17 heteroatoms. The predicted molar refractivity (Wildman–Crippen MR) is 117 cm³/mol. The molecular formula is C16H21N5O10S2. The molecule has 3 heterocycles. The van der Waals surface area contributed by atoms with E-state index in [0.29, 0.717) is 11.3 Å². The van der Waals surface area contributed by atoms with Crippen molar-refractivity contribution in [2.24, 2.45) is 5.16 Å². The van der Waals surface area contributed by atoms with Crippen molar-refractivity contribution in [3.8, 4) is 0 Å². The minimum Gasteiger partial charge on any atom is -0.479 e. The van der Waals surface area contributed by atoms with E-state index in [9.17, 15) is 24.3 Å². The van der Waals surface area contributed by atoms with Crippen molar-refractivity contribution in [3.63, 3.8) is 0 Å². The number of aliphatic carboxylic acids is 2. The maximum Gasteiger partial charge on any atom is 0.352 e. The molecule has 2 aliphatic heterocycles. The lowest BCUT2D eigenvalue weighted by Gasteiger charge is -2.49. The van der Waals surface area contributed by atoms with Gasteiger partial charge in [-0.3, -0.25) is 14.5 Å². The third-order valence-corrected chi connectivity index (χ3v) is 6.03. The molecule has 0 saturated carbocycles. The van der Waals surface area contributed by atoms with E-state index < -0.39 is 41.8 Å². The van der Waals surface area contributed by atoms with Crippen LogP contribution in [0.4, 0.5) is 5.13 Å². The van der Waals surface area contributed by atoms with Crippen LogP contribution < -0.4 is 11.1 Å². The number of allylic oxidation sites excluding steroid dienone is 1. The molecule has 0 radical (unpaired) electrons. The molecule has 2 aliphatic rings. The summed E-state index contributed by atoms with van der Waals surface area (Å²) in [7, 11) is 0. The van der Waals surface area contributed by atoms with Crippen LogP contribution >= 0.6 is 23.1 Å². The van der Waals surface area contributed by atoms with Crippen LogP contribution in [-0.4, -0.2) is 89.8 Å². The van der Waals surface area contributed by atoms with Gasteiger partial charge < -0.3 is 42.5 Å². The first-order valence-corrected chi connectivity index (χ1v) is 10.1. The fourth-order valence-corrected chi connectivity index (χ4v) is 4.65. The number of amides is 2. The third-order valence-electron chi connectivity index (χ3n) is 4.06. The Kier molecular flexibility index (Phi) is 10.7. The molecule has 1 fully saturated rings. The zero-order chi connectivity index (χ0) is 22.0. The summed E-state index contributed by atoms with van der Waals surface area (Å²) in [4.78, 5) is 57.1. The Hall–Kier alpha value is -3.51. The van der Waals surface area contributed by atoms with Gasteiger partial charge in [-0.1, -0.05) is 17.8 Å². The normalized spacial score (nSPS) is 19.0. The molecule has 1 aromatic heterocycles. The quantitative estimate of drug-likeness (QED) is 0.157. The lowest BCUT2D eigenvalue weighted by molar-refractivity contribution is -0.150. The van der Waals surface area contributed by atoms with Gasteiger partial charge in [0.2, 0.25) is 6.61 Å². The molecule has 1 aromatic rings. The maximum absolute atomic E-state index is 12.7. The van der Waals surface area contributed by atoms with Crippen molar-refractivity contribution >= 4 is 57.7 Å². The van der Waals surface area contributed by atoms with Crippen LogP contribution in [-0.2, 0) is 24.0 Å². The van der Waals surface area contributed by atoms with Gasteiger partial charge in [-0.25, -0.2) is 14.6 Å². The first-order chi connectivity index (χ1) is 14.2. The van der Waals surface area contributed by atoms with Crippen LogP contribution in [0, 0.1) is 0 Å². The summed E-state index contributed by atoms with van der Waals surface area (Å²) >= 11 is 2.30. The van der Waals surface area contributed by atoms with Crippen LogP contribution in [0.3, 0.4) is 0 Å². The number of fused-ring (bicyclic) bond motifs is 1. The van der Waals surface area contributed by atoms with Gasteiger partial charge in [0, 0.05) is 11.1 Å². The van der Waals surface area contributed by atoms with E-state index in [1.54, 1.807) is 0 Å². The Morgan fingerprint density at radius 3 is 2.55 bits per heavy atom. The highest BCUT2D eigenvalue weighted by Gasteiger charge is 2.54. The van der Waals surface area contributed by atoms with E-state index in [4.69, 9.17) is 10.8 Å². The fourth-order valence-electron chi connectivity index (χ4n) is 2.76. The van der Waals surface area contributed by atoms with Crippen LogP contribution in [0.15, 0.2) is 34.5 Å². The van der Waals surface area contributed by atoms with E-state index in [1.165, 1.54) is 23.2 Å². The molecule has 0 aromatic carbocycles. The third kappa shape index (κ3) is 5.84. The Balaban J connectivity index is 0.00000341. The second-order valence-electron chi connectivity index (χ2n) is 5.92. The van der Waals surface area contributed by atoms with Crippen LogP contribution in [0.1, 0.15) is 5.69 Å². The Bertz CT molecular complexity index is 1010. The van der Waals surface area contributed by atoms with Crippen molar-refractivity contribution in [2.45, 2.75) is 11.4 Å². The summed E-state index contributed by atoms with van der Waals surface area (Å²) in [6.45, 7) is 2.77. The van der Waals surface area contributed by atoms with E-state index in [0.717, 1.165) is 16.2 Å². The number of oxime groups is 1. The molecule has 2 atom stereocenters. The molecule has 15 nitrogen and oxygen atoms in total. The number of nitrogens with zero attached hydrogens (tertiary/aromatic N) is 3. The van der Waals surface area contributed by atoms with Gasteiger partial charge in [-0.05, 0) is 5.57 Å². The number of carbonyl (C=O) groups is 4. The lowest BCUT2D eigenvalue weighted by Crippen LogP contribution is -2.71. The van der Waals surface area contributed by atoms with Crippen molar-refractivity contribution in [2.75, 3.05) is 18.1 Å². The highest BCUT2D eigenvalue weighted by Crippen LogP contribution is 2.40. The van der Waals surface area contributed by atoms with Gasteiger partial charge in [-0.15, -0.1) is 23.1 Å². The van der Waals surface area contributed by atoms with Crippen molar-refractivity contribution in [3.05, 3.63) is 35.0 Å². The number of carbonyl (C=O) groups excluding carboxylic acids is 2.